The van der Waals surface area contributed by atoms with Gasteiger partial charge in [-0.1, -0.05) is 0 Å². The van der Waals surface area contributed by atoms with Crippen LogP contribution >= 0.6 is 11.3 Å². The molecule has 1 aromatic heterocycles. The molecule has 0 bridgehead atoms. The zero-order valence-corrected chi connectivity index (χ0v) is 16.2. The van der Waals surface area contributed by atoms with Crippen molar-refractivity contribution < 1.29 is 17.9 Å². The van der Waals surface area contributed by atoms with E-state index in [0.29, 0.717) is 38.8 Å². The molecule has 24 heavy (non-hydrogen) atoms. The maximum atomic E-state index is 12.2. The summed E-state index contributed by atoms with van der Waals surface area (Å²) in [6, 6.07) is 0. The molecule has 0 unspecified atom stereocenters. The first-order valence-electron chi connectivity index (χ1n) is 8.45. The number of aryl methyl sites for hydroxylation is 1. The summed E-state index contributed by atoms with van der Waals surface area (Å²) in [6.07, 6.45) is 1.88. The zero-order chi connectivity index (χ0) is 17.4. The third kappa shape index (κ3) is 3.53. The van der Waals surface area contributed by atoms with Gasteiger partial charge in [0.1, 0.15) is 0 Å². The second kappa shape index (κ2) is 6.99. The molecule has 1 aromatic rings. The fourth-order valence-electron chi connectivity index (χ4n) is 3.45. The van der Waals surface area contributed by atoms with Crippen LogP contribution < -0.4 is 0 Å². The molecule has 2 saturated heterocycles. The summed E-state index contributed by atoms with van der Waals surface area (Å²) < 4.78 is 37.7. The smallest absolute Gasteiger partial charge is 0.216 e. The Morgan fingerprint density at radius 1 is 1.50 bits per heavy atom. The Labute approximate surface area is 148 Å². The van der Waals surface area contributed by atoms with Gasteiger partial charge in [0.15, 0.2) is 0 Å². The molecule has 2 aliphatic heterocycles. The largest absolute Gasteiger partial charge is 0.375 e. The molecule has 3 heterocycles. The molecular weight excluding hydrogens is 348 g/mol. The Morgan fingerprint density at radius 2 is 2.25 bits per heavy atom. The van der Waals surface area contributed by atoms with Crippen LogP contribution in [0.1, 0.15) is 37.4 Å². The fourth-order valence-corrected chi connectivity index (χ4v) is 5.44. The predicted octanol–water partition coefficient (Wildman–Crippen LogP) is 2.19. The topological polar surface area (TPSA) is 68.7 Å². The Kier molecular flexibility index (Phi) is 5.32. The van der Waals surface area contributed by atoms with E-state index in [9.17, 15) is 8.42 Å². The SMILES string of the molecule is Cc1nc(COCC[C@H]2CCOC23CN(S(=O)(=O)C(C)C)C3)cs1. The van der Waals surface area contributed by atoms with Crippen LogP contribution in [0.4, 0.5) is 0 Å². The van der Waals surface area contributed by atoms with Crippen LogP contribution in [0.5, 0.6) is 0 Å². The molecule has 0 N–H and O–H groups in total. The van der Waals surface area contributed by atoms with Gasteiger partial charge in [-0.05, 0) is 39.5 Å². The highest BCUT2D eigenvalue weighted by molar-refractivity contribution is 7.89. The van der Waals surface area contributed by atoms with Gasteiger partial charge in [0.2, 0.25) is 10.0 Å². The molecule has 136 valence electrons. The van der Waals surface area contributed by atoms with Crippen LogP contribution in [-0.2, 0) is 26.1 Å². The summed E-state index contributed by atoms with van der Waals surface area (Å²) in [5, 5.41) is 2.70. The molecule has 0 aliphatic carbocycles. The van der Waals surface area contributed by atoms with Crippen molar-refractivity contribution >= 4 is 21.4 Å². The van der Waals surface area contributed by atoms with E-state index in [1.54, 1.807) is 29.5 Å². The van der Waals surface area contributed by atoms with Crippen LogP contribution in [0.15, 0.2) is 5.38 Å². The van der Waals surface area contributed by atoms with Gasteiger partial charge >= 0.3 is 0 Å². The number of thiazole rings is 1. The van der Waals surface area contributed by atoms with E-state index in [0.717, 1.165) is 23.5 Å². The standard InChI is InChI=1S/C16H26N2O4S2/c1-12(2)24(19,20)18-10-16(11-18)14(5-7-22-16)4-6-21-8-15-9-23-13(3)17-15/h9,12,14H,4-8,10-11H2,1-3H3/t14-/m0/s1. The summed E-state index contributed by atoms with van der Waals surface area (Å²) in [5.74, 6) is 0.369. The molecule has 2 aliphatic rings. The summed E-state index contributed by atoms with van der Waals surface area (Å²) in [6.45, 7) is 8.32. The van der Waals surface area contributed by atoms with Gasteiger partial charge in [-0.15, -0.1) is 11.3 Å². The molecule has 6 nitrogen and oxygen atoms in total. The summed E-state index contributed by atoms with van der Waals surface area (Å²) in [7, 11) is -3.17. The quantitative estimate of drug-likeness (QED) is 0.684. The maximum Gasteiger partial charge on any atom is 0.216 e. The van der Waals surface area contributed by atoms with E-state index < -0.39 is 10.0 Å². The fraction of sp³-hybridized carbons (Fsp3) is 0.812. The van der Waals surface area contributed by atoms with Gasteiger partial charge in [-0.2, -0.15) is 4.31 Å². The van der Waals surface area contributed by atoms with Crippen LogP contribution in [0.2, 0.25) is 0 Å². The molecular formula is C16H26N2O4S2. The lowest BCUT2D eigenvalue weighted by Gasteiger charge is -2.49. The van der Waals surface area contributed by atoms with Crippen LogP contribution in [-0.4, -0.2) is 54.9 Å². The third-order valence-electron chi connectivity index (χ3n) is 4.97. The van der Waals surface area contributed by atoms with Crippen LogP contribution in [0.3, 0.4) is 0 Å². The lowest BCUT2D eigenvalue weighted by atomic mass is 9.80. The number of rotatable bonds is 7. The average Bonchev–Trinajstić information content (AvgIpc) is 3.08. The highest BCUT2D eigenvalue weighted by atomic mass is 32.2. The molecule has 0 radical (unpaired) electrons. The average molecular weight is 375 g/mol. The van der Waals surface area contributed by atoms with Crippen molar-refractivity contribution in [2.45, 2.75) is 51.1 Å². The van der Waals surface area contributed by atoms with Crippen molar-refractivity contribution in [2.75, 3.05) is 26.3 Å². The van der Waals surface area contributed by atoms with E-state index in [2.05, 4.69) is 4.98 Å². The van der Waals surface area contributed by atoms with Crippen molar-refractivity contribution in [1.29, 1.82) is 0 Å². The van der Waals surface area contributed by atoms with E-state index in [4.69, 9.17) is 9.47 Å². The number of sulfonamides is 1. The first-order chi connectivity index (χ1) is 11.3. The number of hydrogen-bond acceptors (Lipinski definition) is 6. The molecule has 8 heteroatoms. The molecule has 1 atom stereocenters. The van der Waals surface area contributed by atoms with Crippen molar-refractivity contribution in [3.05, 3.63) is 16.1 Å². The van der Waals surface area contributed by atoms with E-state index >= 15 is 0 Å². The third-order valence-corrected chi connectivity index (χ3v) is 7.96. The second-order valence-corrected chi connectivity index (χ2v) is 10.5. The minimum absolute atomic E-state index is 0.289. The Hall–Kier alpha value is -0.540. The molecule has 3 rings (SSSR count). The minimum Gasteiger partial charge on any atom is -0.375 e. The predicted molar refractivity (Wildman–Crippen MR) is 93.5 cm³/mol. The number of nitrogens with zero attached hydrogens (tertiary/aromatic N) is 2. The second-order valence-electron chi connectivity index (χ2n) is 6.96. The highest BCUT2D eigenvalue weighted by Gasteiger charge is 2.56. The first-order valence-corrected chi connectivity index (χ1v) is 10.8. The van der Waals surface area contributed by atoms with Gasteiger partial charge in [0.25, 0.3) is 0 Å². The van der Waals surface area contributed by atoms with E-state index in [1.807, 2.05) is 12.3 Å². The van der Waals surface area contributed by atoms with E-state index in [1.165, 1.54) is 0 Å². The van der Waals surface area contributed by atoms with Gasteiger partial charge < -0.3 is 9.47 Å². The lowest BCUT2D eigenvalue weighted by Crippen LogP contribution is -2.66. The number of hydrogen-bond donors (Lipinski definition) is 0. The van der Waals surface area contributed by atoms with Gasteiger partial charge in [-0.25, -0.2) is 13.4 Å². The molecule has 0 amide bonds. The summed E-state index contributed by atoms with van der Waals surface area (Å²) >= 11 is 1.63. The normalized spacial score (nSPS) is 23.9. The first kappa shape index (κ1) is 18.3. The molecule has 2 fully saturated rings. The zero-order valence-electron chi connectivity index (χ0n) is 14.5. The Morgan fingerprint density at radius 3 is 2.88 bits per heavy atom. The minimum atomic E-state index is -3.17. The van der Waals surface area contributed by atoms with Crippen molar-refractivity contribution in [3.63, 3.8) is 0 Å². The summed E-state index contributed by atoms with van der Waals surface area (Å²) in [5.41, 5.74) is 0.690. The van der Waals surface area contributed by atoms with Gasteiger partial charge in [0, 0.05) is 31.7 Å². The summed E-state index contributed by atoms with van der Waals surface area (Å²) in [4.78, 5) is 4.38. The molecule has 1 spiro atoms. The van der Waals surface area contributed by atoms with Crippen molar-refractivity contribution in [1.82, 2.24) is 9.29 Å². The Bertz CT molecular complexity index is 665. The van der Waals surface area contributed by atoms with E-state index in [-0.39, 0.29) is 10.9 Å². The Balaban J connectivity index is 1.47. The van der Waals surface area contributed by atoms with Crippen LogP contribution in [0.25, 0.3) is 0 Å². The molecule has 0 aromatic carbocycles. The van der Waals surface area contributed by atoms with Crippen LogP contribution in [0, 0.1) is 12.8 Å². The lowest BCUT2D eigenvalue weighted by molar-refractivity contribution is -0.106. The van der Waals surface area contributed by atoms with Crippen molar-refractivity contribution in [3.8, 4) is 0 Å². The number of ether oxygens (including phenoxy) is 2. The van der Waals surface area contributed by atoms with Gasteiger partial charge in [0.05, 0.1) is 28.2 Å². The highest BCUT2D eigenvalue weighted by Crippen LogP contribution is 2.43. The van der Waals surface area contributed by atoms with Crippen molar-refractivity contribution in [2.24, 2.45) is 5.92 Å². The van der Waals surface area contributed by atoms with Gasteiger partial charge in [-0.3, -0.25) is 0 Å². The maximum absolute atomic E-state index is 12.2. The number of aromatic nitrogens is 1. The monoisotopic (exact) mass is 374 g/mol. The molecule has 0 saturated carbocycles.